The number of rotatable bonds is 7. The number of nitrogens with zero attached hydrogens (tertiary/aromatic N) is 1. The molecule has 0 aromatic heterocycles. The molecule has 1 aromatic carbocycles. The van der Waals surface area contributed by atoms with Crippen molar-refractivity contribution in [1.29, 1.82) is 0 Å². The molecule has 0 amide bonds. The second-order valence-corrected chi connectivity index (χ2v) is 4.42. The van der Waals surface area contributed by atoms with Crippen molar-refractivity contribution in [2.75, 3.05) is 33.9 Å². The van der Waals surface area contributed by atoms with Crippen molar-refractivity contribution in [1.82, 2.24) is 10.6 Å². The van der Waals surface area contributed by atoms with Crippen LogP contribution >= 0.6 is 0 Å². The third-order valence-electron chi connectivity index (χ3n) is 2.84. The predicted molar refractivity (Wildman–Crippen MR) is 82.4 cm³/mol. The van der Waals surface area contributed by atoms with Gasteiger partial charge in [-0.2, -0.15) is 0 Å². The van der Waals surface area contributed by atoms with Crippen LogP contribution in [0.1, 0.15) is 18.1 Å². The second kappa shape index (κ2) is 9.20. The standard InChI is InChI=1S/C15H25N3O2/c1-5-16-15(17-8-9-19-3)18-11-13-7-6-12(2)14(10-13)20-4/h6-7,10H,5,8-9,11H2,1-4H3,(H2,16,17,18). The highest BCUT2D eigenvalue weighted by Crippen LogP contribution is 2.19. The fourth-order valence-electron chi connectivity index (χ4n) is 1.75. The predicted octanol–water partition coefficient (Wildman–Crippen LogP) is 1.71. The lowest BCUT2D eigenvalue weighted by Gasteiger charge is -2.11. The molecule has 112 valence electrons. The number of methoxy groups -OCH3 is 2. The fraction of sp³-hybridized carbons (Fsp3) is 0.533. The molecular formula is C15H25N3O2. The number of benzene rings is 1. The minimum absolute atomic E-state index is 0.610. The van der Waals surface area contributed by atoms with Crippen molar-refractivity contribution in [2.45, 2.75) is 20.4 Å². The lowest BCUT2D eigenvalue weighted by atomic mass is 10.1. The van der Waals surface area contributed by atoms with Gasteiger partial charge in [0, 0.05) is 20.2 Å². The molecule has 0 bridgehead atoms. The zero-order chi connectivity index (χ0) is 14.8. The van der Waals surface area contributed by atoms with Gasteiger partial charge in [-0.15, -0.1) is 0 Å². The van der Waals surface area contributed by atoms with Gasteiger partial charge in [0.15, 0.2) is 5.96 Å². The Morgan fingerprint density at radius 2 is 2.05 bits per heavy atom. The molecule has 0 radical (unpaired) electrons. The summed E-state index contributed by atoms with van der Waals surface area (Å²) < 4.78 is 10.3. The molecule has 0 atom stereocenters. The highest BCUT2D eigenvalue weighted by atomic mass is 16.5. The Labute approximate surface area is 121 Å². The number of guanidine groups is 1. The molecular weight excluding hydrogens is 254 g/mol. The summed E-state index contributed by atoms with van der Waals surface area (Å²) in [4.78, 5) is 4.54. The van der Waals surface area contributed by atoms with Crippen LogP contribution in [0.15, 0.2) is 23.2 Å². The molecule has 0 saturated heterocycles. The van der Waals surface area contributed by atoms with E-state index in [0.717, 1.165) is 35.9 Å². The molecule has 5 heteroatoms. The first kappa shape index (κ1) is 16.3. The van der Waals surface area contributed by atoms with E-state index in [1.807, 2.05) is 19.9 Å². The number of ether oxygens (including phenoxy) is 2. The average Bonchev–Trinajstić information content (AvgIpc) is 2.46. The van der Waals surface area contributed by atoms with Gasteiger partial charge in [-0.3, -0.25) is 0 Å². The largest absolute Gasteiger partial charge is 0.496 e. The Hall–Kier alpha value is -1.75. The summed E-state index contributed by atoms with van der Waals surface area (Å²) in [5, 5.41) is 6.42. The highest BCUT2D eigenvalue weighted by Gasteiger charge is 2.01. The molecule has 0 saturated carbocycles. The SMILES string of the molecule is CCNC(=NCc1ccc(C)c(OC)c1)NCCOC. The maximum Gasteiger partial charge on any atom is 0.191 e. The van der Waals surface area contributed by atoms with E-state index in [2.05, 4.69) is 27.8 Å². The molecule has 0 spiro atoms. The van der Waals surface area contributed by atoms with Crippen molar-refractivity contribution in [2.24, 2.45) is 4.99 Å². The zero-order valence-corrected chi connectivity index (χ0v) is 12.8. The van der Waals surface area contributed by atoms with E-state index in [1.165, 1.54) is 0 Å². The van der Waals surface area contributed by atoms with Gasteiger partial charge in [0.05, 0.1) is 20.3 Å². The Kier molecular flexibility index (Phi) is 7.50. The number of nitrogens with one attached hydrogen (secondary N) is 2. The number of aryl methyl sites for hydroxylation is 1. The third-order valence-corrected chi connectivity index (χ3v) is 2.84. The lowest BCUT2D eigenvalue weighted by molar-refractivity contribution is 0.203. The van der Waals surface area contributed by atoms with Gasteiger partial charge >= 0.3 is 0 Å². The molecule has 0 unspecified atom stereocenters. The second-order valence-electron chi connectivity index (χ2n) is 4.42. The van der Waals surface area contributed by atoms with E-state index >= 15 is 0 Å². The van der Waals surface area contributed by atoms with E-state index in [9.17, 15) is 0 Å². The molecule has 0 aliphatic rings. The van der Waals surface area contributed by atoms with Gasteiger partial charge in [0.2, 0.25) is 0 Å². The van der Waals surface area contributed by atoms with Crippen LogP contribution in [0.25, 0.3) is 0 Å². The van der Waals surface area contributed by atoms with Crippen LogP contribution in [0.4, 0.5) is 0 Å². The van der Waals surface area contributed by atoms with Gasteiger partial charge in [-0.25, -0.2) is 4.99 Å². The van der Waals surface area contributed by atoms with Crippen molar-refractivity contribution >= 4 is 5.96 Å². The number of aliphatic imine (C=N–C) groups is 1. The maximum atomic E-state index is 5.32. The van der Waals surface area contributed by atoms with Crippen molar-refractivity contribution in [3.8, 4) is 5.75 Å². The summed E-state index contributed by atoms with van der Waals surface area (Å²) in [5.74, 6) is 1.69. The van der Waals surface area contributed by atoms with Crippen LogP contribution in [0, 0.1) is 6.92 Å². The molecule has 1 aromatic rings. The van der Waals surface area contributed by atoms with Crippen LogP contribution in [0.5, 0.6) is 5.75 Å². The smallest absolute Gasteiger partial charge is 0.191 e. The lowest BCUT2D eigenvalue weighted by Crippen LogP contribution is -2.38. The molecule has 0 fully saturated rings. The molecule has 5 nitrogen and oxygen atoms in total. The van der Waals surface area contributed by atoms with Gasteiger partial charge < -0.3 is 20.1 Å². The van der Waals surface area contributed by atoms with Gasteiger partial charge in [-0.05, 0) is 31.0 Å². The first-order valence-electron chi connectivity index (χ1n) is 6.85. The molecule has 0 aliphatic carbocycles. The van der Waals surface area contributed by atoms with Crippen LogP contribution in [-0.4, -0.2) is 39.9 Å². The summed E-state index contributed by atoms with van der Waals surface area (Å²) in [6.45, 7) is 6.90. The molecule has 0 heterocycles. The number of hydrogen-bond donors (Lipinski definition) is 2. The summed E-state index contributed by atoms with van der Waals surface area (Å²) in [5.41, 5.74) is 2.25. The Bertz CT molecular complexity index is 433. The topological polar surface area (TPSA) is 54.9 Å². The Balaban J connectivity index is 2.65. The molecule has 20 heavy (non-hydrogen) atoms. The van der Waals surface area contributed by atoms with E-state index in [0.29, 0.717) is 13.2 Å². The Morgan fingerprint density at radius 3 is 2.70 bits per heavy atom. The quantitative estimate of drug-likeness (QED) is 0.453. The Morgan fingerprint density at radius 1 is 1.25 bits per heavy atom. The van der Waals surface area contributed by atoms with E-state index in [1.54, 1.807) is 14.2 Å². The zero-order valence-electron chi connectivity index (χ0n) is 12.8. The van der Waals surface area contributed by atoms with E-state index < -0.39 is 0 Å². The summed E-state index contributed by atoms with van der Waals surface area (Å²) in [6.07, 6.45) is 0. The van der Waals surface area contributed by atoms with Crippen molar-refractivity contribution in [3.63, 3.8) is 0 Å². The normalized spacial score (nSPS) is 11.3. The molecule has 0 aliphatic heterocycles. The van der Waals surface area contributed by atoms with Crippen LogP contribution < -0.4 is 15.4 Å². The van der Waals surface area contributed by atoms with Gasteiger partial charge in [0.25, 0.3) is 0 Å². The molecule has 1 rings (SSSR count). The van der Waals surface area contributed by atoms with E-state index in [-0.39, 0.29) is 0 Å². The summed E-state index contributed by atoms with van der Waals surface area (Å²) in [6, 6.07) is 6.15. The van der Waals surface area contributed by atoms with Crippen molar-refractivity contribution in [3.05, 3.63) is 29.3 Å². The summed E-state index contributed by atoms with van der Waals surface area (Å²) in [7, 11) is 3.37. The van der Waals surface area contributed by atoms with Crippen molar-refractivity contribution < 1.29 is 9.47 Å². The first-order chi connectivity index (χ1) is 9.71. The van der Waals surface area contributed by atoms with Gasteiger partial charge in [0.1, 0.15) is 5.75 Å². The minimum Gasteiger partial charge on any atom is -0.496 e. The molecule has 2 N–H and O–H groups in total. The third kappa shape index (κ3) is 5.48. The van der Waals surface area contributed by atoms with Crippen LogP contribution in [-0.2, 0) is 11.3 Å². The summed E-state index contributed by atoms with van der Waals surface area (Å²) >= 11 is 0. The van der Waals surface area contributed by atoms with E-state index in [4.69, 9.17) is 9.47 Å². The minimum atomic E-state index is 0.610. The monoisotopic (exact) mass is 279 g/mol. The number of hydrogen-bond acceptors (Lipinski definition) is 3. The average molecular weight is 279 g/mol. The van der Waals surface area contributed by atoms with Gasteiger partial charge in [-0.1, -0.05) is 12.1 Å². The highest BCUT2D eigenvalue weighted by molar-refractivity contribution is 5.79. The van der Waals surface area contributed by atoms with Crippen LogP contribution in [0.2, 0.25) is 0 Å². The fourth-order valence-corrected chi connectivity index (χ4v) is 1.75. The van der Waals surface area contributed by atoms with Crippen LogP contribution in [0.3, 0.4) is 0 Å². The maximum absolute atomic E-state index is 5.32. The first-order valence-corrected chi connectivity index (χ1v) is 6.85.